The van der Waals surface area contributed by atoms with Crippen molar-refractivity contribution in [2.75, 3.05) is 44.7 Å². The highest BCUT2D eigenvalue weighted by atomic mass is 32.1. The van der Waals surface area contributed by atoms with Gasteiger partial charge in [0.2, 0.25) is 0 Å². The largest absolute Gasteiger partial charge is 0.370 e. The fraction of sp³-hybridized carbons (Fsp3) is 0.600. The van der Waals surface area contributed by atoms with Gasteiger partial charge >= 0.3 is 0 Å². The van der Waals surface area contributed by atoms with Crippen molar-refractivity contribution >= 4 is 33.2 Å². The third-order valence-corrected chi connectivity index (χ3v) is 7.75. The van der Waals surface area contributed by atoms with Crippen molar-refractivity contribution in [2.24, 2.45) is 11.7 Å². The predicted octanol–water partition coefficient (Wildman–Crippen LogP) is 2.00. The summed E-state index contributed by atoms with van der Waals surface area (Å²) in [7, 11) is 2.34. The lowest BCUT2D eigenvalue weighted by molar-refractivity contribution is 0.00239. The number of hydrogen-bond acceptors (Lipinski definition) is 6. The molecule has 1 unspecified atom stereocenters. The van der Waals surface area contributed by atoms with E-state index in [2.05, 4.69) is 38.3 Å². The Hall–Kier alpha value is -1.70. The summed E-state index contributed by atoms with van der Waals surface area (Å²) in [5, 5.41) is 0.872. The number of rotatable bonds is 4. The van der Waals surface area contributed by atoms with Gasteiger partial charge < -0.3 is 15.5 Å². The number of aromatic nitrogens is 1. The third-order valence-electron chi connectivity index (χ3n) is 6.94. The summed E-state index contributed by atoms with van der Waals surface area (Å²) >= 11 is 1.36. The van der Waals surface area contributed by atoms with Crippen molar-refractivity contribution in [3.63, 3.8) is 0 Å². The van der Waals surface area contributed by atoms with Gasteiger partial charge in [0, 0.05) is 42.8 Å². The van der Waals surface area contributed by atoms with E-state index < -0.39 is 5.91 Å². The lowest BCUT2D eigenvalue weighted by atomic mass is 9.83. The van der Waals surface area contributed by atoms with Gasteiger partial charge in [-0.25, -0.2) is 0 Å². The number of carbonyl (C=O) groups is 1. The summed E-state index contributed by atoms with van der Waals surface area (Å²) in [5.41, 5.74) is 7.04. The van der Waals surface area contributed by atoms with Gasteiger partial charge in [-0.05, 0) is 75.0 Å². The highest BCUT2D eigenvalue weighted by molar-refractivity contribution is 7.13. The summed E-state index contributed by atoms with van der Waals surface area (Å²) in [6.07, 6.45) is 3.96. The Morgan fingerprint density at radius 2 is 2.04 bits per heavy atom. The first-order chi connectivity index (χ1) is 13.1. The number of anilines is 1. The molecule has 4 fully saturated rings. The molecule has 4 aliphatic rings. The lowest BCUT2D eigenvalue weighted by Gasteiger charge is -2.49. The van der Waals surface area contributed by atoms with Gasteiger partial charge in [0.1, 0.15) is 5.69 Å². The zero-order valence-electron chi connectivity index (χ0n) is 15.8. The van der Waals surface area contributed by atoms with Crippen molar-refractivity contribution in [3.05, 3.63) is 23.9 Å². The molecule has 5 heterocycles. The van der Waals surface area contributed by atoms with Crippen LogP contribution in [0.4, 0.5) is 5.69 Å². The Balaban J connectivity index is 1.30. The first-order valence-electron chi connectivity index (χ1n) is 9.98. The number of nitrogens with zero attached hydrogens (tertiary/aromatic N) is 4. The molecule has 2 atom stereocenters. The van der Waals surface area contributed by atoms with E-state index in [1.807, 2.05) is 6.07 Å². The van der Waals surface area contributed by atoms with E-state index >= 15 is 0 Å². The molecular weight excluding hydrogens is 358 g/mol. The lowest BCUT2D eigenvalue weighted by Crippen LogP contribution is -2.58. The molecule has 2 bridgehead atoms. The maximum Gasteiger partial charge on any atom is 0.269 e. The number of benzene rings is 1. The van der Waals surface area contributed by atoms with Crippen molar-refractivity contribution < 1.29 is 4.79 Å². The third kappa shape index (κ3) is 3.02. The predicted molar refractivity (Wildman–Crippen MR) is 109 cm³/mol. The van der Waals surface area contributed by atoms with E-state index in [9.17, 15) is 4.79 Å². The average Bonchev–Trinajstić information content (AvgIpc) is 3.35. The normalized spacial score (nSPS) is 30.5. The van der Waals surface area contributed by atoms with Crippen LogP contribution in [0, 0.1) is 5.92 Å². The zero-order valence-corrected chi connectivity index (χ0v) is 16.6. The van der Waals surface area contributed by atoms with Crippen molar-refractivity contribution in [1.82, 2.24) is 14.2 Å². The smallest absolute Gasteiger partial charge is 0.269 e. The Bertz CT molecular complexity index is 859. The summed E-state index contributed by atoms with van der Waals surface area (Å²) in [5.74, 6) is 0.434. The minimum atomic E-state index is -0.450. The fourth-order valence-corrected chi connectivity index (χ4v) is 6.09. The molecule has 6 rings (SSSR count). The number of hydrogen-bond donors (Lipinski definition) is 1. The Morgan fingerprint density at radius 1 is 1.22 bits per heavy atom. The van der Waals surface area contributed by atoms with Crippen LogP contribution in [0.1, 0.15) is 29.8 Å². The van der Waals surface area contributed by atoms with Crippen LogP contribution in [0.15, 0.2) is 18.2 Å². The van der Waals surface area contributed by atoms with E-state index in [-0.39, 0.29) is 0 Å². The summed E-state index contributed by atoms with van der Waals surface area (Å²) in [6.45, 7) is 6.01. The molecular formula is C20H27N5OS. The van der Waals surface area contributed by atoms with Gasteiger partial charge in [-0.1, -0.05) is 0 Å². The van der Waals surface area contributed by atoms with Crippen LogP contribution in [-0.2, 0) is 0 Å². The van der Waals surface area contributed by atoms with Crippen LogP contribution in [0.3, 0.4) is 0 Å². The molecule has 0 spiro atoms. The number of piperidine rings is 3. The first-order valence-corrected chi connectivity index (χ1v) is 10.8. The molecule has 1 aromatic carbocycles. The Kier molecular flexibility index (Phi) is 4.33. The topological polar surface area (TPSA) is 65.7 Å². The molecule has 0 saturated carbocycles. The second-order valence-electron chi connectivity index (χ2n) is 8.34. The molecule has 144 valence electrons. The molecule has 7 heteroatoms. The second-order valence-corrected chi connectivity index (χ2v) is 9.14. The van der Waals surface area contributed by atoms with E-state index in [0.29, 0.717) is 11.7 Å². The van der Waals surface area contributed by atoms with Gasteiger partial charge in [-0.3, -0.25) is 9.69 Å². The minimum absolute atomic E-state index is 0.392. The molecule has 1 aromatic heterocycles. The first kappa shape index (κ1) is 17.4. The van der Waals surface area contributed by atoms with E-state index in [4.69, 9.17) is 5.73 Å². The van der Waals surface area contributed by atoms with Crippen molar-refractivity contribution in [3.8, 4) is 0 Å². The maximum absolute atomic E-state index is 11.5. The van der Waals surface area contributed by atoms with Crippen LogP contribution in [0.25, 0.3) is 10.1 Å². The van der Waals surface area contributed by atoms with Crippen molar-refractivity contribution in [2.45, 2.75) is 31.3 Å². The van der Waals surface area contributed by atoms with Crippen LogP contribution in [-0.4, -0.2) is 71.9 Å². The zero-order chi connectivity index (χ0) is 18.5. The molecule has 27 heavy (non-hydrogen) atoms. The minimum Gasteiger partial charge on any atom is -0.370 e. The standard InChI is InChI=1S/C20H27N5OS/c1-23(17-12-24-7-4-13(17)5-8-24)15-6-9-25(11-15)14-2-3-16-18(10-14)27-22-19(16)20(21)26/h2-3,10,13,15,17H,4-9,11-12H2,1H3,(H2,21,26)/t15?,17-/m1/s1. The number of amides is 1. The second kappa shape index (κ2) is 6.72. The molecule has 2 N–H and O–H groups in total. The van der Waals surface area contributed by atoms with Gasteiger partial charge in [-0.15, -0.1) is 0 Å². The van der Waals surface area contributed by atoms with E-state index in [1.165, 1.54) is 56.1 Å². The van der Waals surface area contributed by atoms with Crippen LogP contribution in [0.5, 0.6) is 0 Å². The van der Waals surface area contributed by atoms with Crippen LogP contribution in [0.2, 0.25) is 0 Å². The highest BCUT2D eigenvalue weighted by Crippen LogP contribution is 2.34. The van der Waals surface area contributed by atoms with Crippen LogP contribution >= 0.6 is 11.5 Å². The quantitative estimate of drug-likeness (QED) is 0.872. The Labute approximate surface area is 164 Å². The molecule has 6 nitrogen and oxygen atoms in total. The number of carbonyl (C=O) groups excluding carboxylic acids is 1. The van der Waals surface area contributed by atoms with Crippen molar-refractivity contribution in [1.29, 1.82) is 0 Å². The van der Waals surface area contributed by atoms with Gasteiger partial charge in [-0.2, -0.15) is 4.37 Å². The average molecular weight is 386 g/mol. The summed E-state index contributed by atoms with van der Waals surface area (Å²) in [4.78, 5) is 19.3. The molecule has 2 aromatic rings. The molecule has 4 saturated heterocycles. The summed E-state index contributed by atoms with van der Waals surface area (Å²) in [6, 6.07) is 7.61. The molecule has 1 amide bonds. The van der Waals surface area contributed by atoms with Gasteiger partial charge in [0.15, 0.2) is 0 Å². The molecule has 4 aliphatic heterocycles. The van der Waals surface area contributed by atoms with Gasteiger partial charge in [0.05, 0.1) is 4.70 Å². The van der Waals surface area contributed by atoms with Gasteiger partial charge in [0.25, 0.3) is 5.91 Å². The SMILES string of the molecule is CN(C1CCN(c2ccc3c(C(N)=O)nsc3c2)C1)[C@@H]1CN2CCC1CC2. The number of fused-ring (bicyclic) bond motifs is 4. The number of primary amides is 1. The Morgan fingerprint density at radius 3 is 2.74 bits per heavy atom. The number of nitrogens with two attached hydrogens (primary N) is 1. The van der Waals surface area contributed by atoms with E-state index in [1.54, 1.807) is 0 Å². The molecule has 0 aliphatic carbocycles. The number of likely N-dealkylation sites (N-methyl/N-ethyl adjacent to an activating group) is 1. The molecule has 0 radical (unpaired) electrons. The fourth-order valence-electron chi connectivity index (χ4n) is 5.28. The summed E-state index contributed by atoms with van der Waals surface area (Å²) < 4.78 is 5.26. The maximum atomic E-state index is 11.5. The van der Waals surface area contributed by atoms with Crippen LogP contribution < -0.4 is 10.6 Å². The monoisotopic (exact) mass is 385 g/mol. The highest BCUT2D eigenvalue weighted by Gasteiger charge is 2.39. The van der Waals surface area contributed by atoms with E-state index in [0.717, 1.165) is 35.1 Å².